The smallest absolute Gasteiger partial charge is 0.387 e. The number of amides is 3. The van der Waals surface area contributed by atoms with Gasteiger partial charge in [0.1, 0.15) is 17.1 Å². The van der Waals surface area contributed by atoms with Crippen LogP contribution < -0.4 is 10.1 Å². The van der Waals surface area contributed by atoms with Gasteiger partial charge in [-0.3, -0.25) is 9.69 Å². The third-order valence-corrected chi connectivity index (χ3v) is 4.77. The summed E-state index contributed by atoms with van der Waals surface area (Å²) in [6.07, 6.45) is 0. The fourth-order valence-electron chi connectivity index (χ4n) is 2.83. The molecule has 1 N–H and O–H groups in total. The van der Waals surface area contributed by atoms with Gasteiger partial charge in [-0.15, -0.1) is 0 Å². The molecule has 2 aromatic rings. The number of nitrogens with one attached hydrogen (secondary N) is 1. The second-order valence-electron chi connectivity index (χ2n) is 6.09. The molecule has 0 saturated carbocycles. The van der Waals surface area contributed by atoms with Gasteiger partial charge < -0.3 is 10.1 Å². The molecule has 1 saturated heterocycles. The summed E-state index contributed by atoms with van der Waals surface area (Å²) in [4.78, 5) is 26.1. The Bertz CT molecular complexity index is 892. The minimum Gasteiger partial charge on any atom is -0.435 e. The van der Waals surface area contributed by atoms with E-state index in [1.54, 1.807) is 6.07 Å². The van der Waals surface area contributed by atoms with Crippen LogP contribution in [-0.4, -0.2) is 23.4 Å². The molecule has 1 aliphatic heterocycles. The third kappa shape index (κ3) is 3.78. The number of alkyl halides is 2. The van der Waals surface area contributed by atoms with Gasteiger partial charge >= 0.3 is 12.6 Å². The lowest BCUT2D eigenvalue weighted by molar-refractivity contribution is -0.131. The van der Waals surface area contributed by atoms with Crippen LogP contribution in [0.4, 0.5) is 18.0 Å². The van der Waals surface area contributed by atoms with E-state index in [1.807, 2.05) is 0 Å². The van der Waals surface area contributed by atoms with Crippen molar-refractivity contribution >= 4 is 27.9 Å². The van der Waals surface area contributed by atoms with Crippen LogP contribution in [0.5, 0.6) is 5.75 Å². The molecule has 1 aliphatic rings. The summed E-state index contributed by atoms with van der Waals surface area (Å²) in [5.41, 5.74) is -0.820. The Morgan fingerprint density at radius 3 is 2.44 bits per heavy atom. The maximum Gasteiger partial charge on any atom is 0.387 e. The van der Waals surface area contributed by atoms with E-state index in [1.165, 1.54) is 43.3 Å². The molecule has 3 rings (SSSR count). The van der Waals surface area contributed by atoms with Gasteiger partial charge in [0.2, 0.25) is 0 Å². The van der Waals surface area contributed by atoms with Gasteiger partial charge in [0.25, 0.3) is 5.91 Å². The average molecular weight is 443 g/mol. The molecular weight excluding hydrogens is 429 g/mol. The van der Waals surface area contributed by atoms with Crippen LogP contribution in [0.15, 0.2) is 46.9 Å². The minimum atomic E-state index is -2.96. The minimum absolute atomic E-state index is 0.0667. The van der Waals surface area contributed by atoms with Gasteiger partial charge in [-0.2, -0.15) is 8.78 Å². The second kappa shape index (κ2) is 7.22. The topological polar surface area (TPSA) is 58.6 Å². The van der Waals surface area contributed by atoms with Crippen molar-refractivity contribution in [2.75, 3.05) is 0 Å². The quantitative estimate of drug-likeness (QED) is 0.707. The first-order valence-electron chi connectivity index (χ1n) is 7.84. The van der Waals surface area contributed by atoms with E-state index in [9.17, 15) is 22.8 Å². The standard InChI is InChI=1S/C18H14BrF3N2O3/c1-18(11-3-6-13(7-4-11)27-16(21)22)15(25)24(17(26)23-18)9-10-2-5-12(19)8-14(10)20/h2-8,16H,9H2,1H3,(H,23,26)/t18-/m1/s1. The summed E-state index contributed by atoms with van der Waals surface area (Å²) in [5.74, 6) is -1.19. The lowest BCUT2D eigenvalue weighted by Crippen LogP contribution is -2.40. The normalized spacial score (nSPS) is 19.6. The monoisotopic (exact) mass is 442 g/mol. The maximum atomic E-state index is 14.0. The SMILES string of the molecule is C[C@]1(c2ccc(OC(F)F)cc2)NC(=O)N(Cc2ccc(Br)cc2F)C1=O. The molecule has 2 aromatic carbocycles. The number of ether oxygens (including phenoxy) is 1. The van der Waals surface area contributed by atoms with Crippen LogP contribution >= 0.6 is 15.9 Å². The van der Waals surface area contributed by atoms with Crippen LogP contribution in [-0.2, 0) is 16.9 Å². The van der Waals surface area contributed by atoms with Crippen molar-refractivity contribution < 1.29 is 27.5 Å². The summed E-state index contributed by atoms with van der Waals surface area (Å²) >= 11 is 3.14. The zero-order valence-corrected chi connectivity index (χ0v) is 15.6. The van der Waals surface area contributed by atoms with Crippen LogP contribution in [0.25, 0.3) is 0 Å². The van der Waals surface area contributed by atoms with Gasteiger partial charge in [0.15, 0.2) is 0 Å². The van der Waals surface area contributed by atoms with Gasteiger partial charge in [-0.1, -0.05) is 34.1 Å². The highest BCUT2D eigenvalue weighted by Gasteiger charge is 2.49. The van der Waals surface area contributed by atoms with Gasteiger partial charge in [-0.05, 0) is 36.8 Å². The Morgan fingerprint density at radius 2 is 1.85 bits per heavy atom. The number of hydrogen-bond donors (Lipinski definition) is 1. The zero-order valence-electron chi connectivity index (χ0n) is 14.0. The van der Waals surface area contributed by atoms with Crippen molar-refractivity contribution in [3.05, 3.63) is 63.9 Å². The first-order valence-corrected chi connectivity index (χ1v) is 8.63. The van der Waals surface area contributed by atoms with E-state index in [4.69, 9.17) is 0 Å². The van der Waals surface area contributed by atoms with Crippen LogP contribution in [0.1, 0.15) is 18.1 Å². The largest absolute Gasteiger partial charge is 0.435 e. The first-order chi connectivity index (χ1) is 12.7. The molecule has 1 atom stereocenters. The number of rotatable bonds is 5. The molecule has 0 unspecified atom stereocenters. The molecule has 5 nitrogen and oxygen atoms in total. The molecule has 27 heavy (non-hydrogen) atoms. The molecule has 0 radical (unpaired) electrons. The summed E-state index contributed by atoms with van der Waals surface area (Å²) < 4.78 is 43.4. The highest BCUT2D eigenvalue weighted by molar-refractivity contribution is 9.10. The Kier molecular flexibility index (Phi) is 5.14. The Labute approximate surface area is 161 Å². The number of carbonyl (C=O) groups is 2. The van der Waals surface area contributed by atoms with Crippen LogP contribution in [0.2, 0.25) is 0 Å². The summed E-state index contributed by atoms with van der Waals surface area (Å²) in [5, 5.41) is 2.57. The van der Waals surface area contributed by atoms with E-state index < -0.39 is 29.9 Å². The molecule has 0 spiro atoms. The molecular formula is C18H14BrF3N2O3. The van der Waals surface area contributed by atoms with E-state index in [0.717, 1.165) is 4.90 Å². The van der Waals surface area contributed by atoms with Gasteiger partial charge in [-0.25, -0.2) is 9.18 Å². The molecule has 0 aliphatic carbocycles. The van der Waals surface area contributed by atoms with Crippen molar-refractivity contribution in [3.63, 3.8) is 0 Å². The molecule has 142 valence electrons. The molecule has 1 fully saturated rings. The number of nitrogens with zero attached hydrogens (tertiary/aromatic N) is 1. The number of benzene rings is 2. The Balaban J connectivity index is 1.83. The molecule has 0 bridgehead atoms. The predicted molar refractivity (Wildman–Crippen MR) is 93.6 cm³/mol. The van der Waals surface area contributed by atoms with Crippen molar-refractivity contribution in [3.8, 4) is 5.75 Å². The van der Waals surface area contributed by atoms with Crippen LogP contribution in [0.3, 0.4) is 0 Å². The average Bonchev–Trinajstić information content (AvgIpc) is 2.81. The number of halogens is 4. The van der Waals surface area contributed by atoms with Crippen molar-refractivity contribution in [2.45, 2.75) is 25.6 Å². The summed E-state index contributed by atoms with van der Waals surface area (Å²) in [7, 11) is 0. The second-order valence-corrected chi connectivity index (χ2v) is 7.00. The third-order valence-electron chi connectivity index (χ3n) is 4.28. The van der Waals surface area contributed by atoms with E-state index in [-0.39, 0.29) is 17.9 Å². The maximum absolute atomic E-state index is 14.0. The number of imide groups is 1. The zero-order chi connectivity index (χ0) is 19.8. The van der Waals surface area contributed by atoms with Gasteiger partial charge in [0, 0.05) is 10.0 Å². The Hall–Kier alpha value is -2.55. The van der Waals surface area contributed by atoms with E-state index in [0.29, 0.717) is 10.0 Å². The van der Waals surface area contributed by atoms with Gasteiger partial charge in [0.05, 0.1) is 6.54 Å². The van der Waals surface area contributed by atoms with E-state index >= 15 is 0 Å². The fraction of sp³-hybridized carbons (Fsp3) is 0.222. The molecule has 3 amide bonds. The number of carbonyl (C=O) groups excluding carboxylic acids is 2. The highest BCUT2D eigenvalue weighted by Crippen LogP contribution is 2.31. The number of urea groups is 1. The predicted octanol–water partition coefficient (Wildman–Crippen LogP) is 4.16. The van der Waals surface area contributed by atoms with Crippen molar-refractivity contribution in [1.82, 2.24) is 10.2 Å². The lowest BCUT2D eigenvalue weighted by atomic mass is 9.92. The summed E-state index contributed by atoms with van der Waals surface area (Å²) in [6, 6.07) is 9.06. The van der Waals surface area contributed by atoms with E-state index in [2.05, 4.69) is 26.0 Å². The molecule has 1 heterocycles. The molecule has 9 heteroatoms. The lowest BCUT2D eigenvalue weighted by Gasteiger charge is -2.22. The highest BCUT2D eigenvalue weighted by atomic mass is 79.9. The number of hydrogen-bond acceptors (Lipinski definition) is 3. The Morgan fingerprint density at radius 1 is 1.19 bits per heavy atom. The van der Waals surface area contributed by atoms with Crippen LogP contribution in [0, 0.1) is 5.82 Å². The fourth-order valence-corrected chi connectivity index (χ4v) is 3.16. The summed E-state index contributed by atoms with van der Waals surface area (Å²) in [6.45, 7) is -1.70. The molecule has 0 aromatic heterocycles. The first kappa shape index (κ1) is 19.2. The van der Waals surface area contributed by atoms with Crippen molar-refractivity contribution in [1.29, 1.82) is 0 Å². The van der Waals surface area contributed by atoms with Crippen molar-refractivity contribution in [2.24, 2.45) is 0 Å².